The summed E-state index contributed by atoms with van der Waals surface area (Å²) in [6.07, 6.45) is 0. The highest BCUT2D eigenvalue weighted by molar-refractivity contribution is 5.89. The lowest BCUT2D eigenvalue weighted by atomic mass is 9.85. The number of fused-ring (bicyclic) bond motifs is 1. The summed E-state index contributed by atoms with van der Waals surface area (Å²) >= 11 is 0. The van der Waals surface area contributed by atoms with Gasteiger partial charge >= 0.3 is 6.03 Å². The maximum atomic E-state index is 12.2. The van der Waals surface area contributed by atoms with Crippen molar-refractivity contribution < 1.29 is 14.3 Å². The molecule has 0 saturated heterocycles. The highest BCUT2D eigenvalue weighted by atomic mass is 16.6. The van der Waals surface area contributed by atoms with Gasteiger partial charge < -0.3 is 25.0 Å². The maximum absolute atomic E-state index is 12.2. The van der Waals surface area contributed by atoms with E-state index in [1.807, 2.05) is 33.2 Å². The summed E-state index contributed by atoms with van der Waals surface area (Å²) in [5.41, 5.74) is 0.651. The lowest BCUT2D eigenvalue weighted by molar-refractivity contribution is 0.171. The van der Waals surface area contributed by atoms with E-state index in [0.717, 1.165) is 6.54 Å². The Bertz CT molecular complexity index is 558. The van der Waals surface area contributed by atoms with Gasteiger partial charge in [-0.1, -0.05) is 13.8 Å². The first kappa shape index (κ1) is 17.4. The van der Waals surface area contributed by atoms with Gasteiger partial charge in [0.25, 0.3) is 0 Å². The van der Waals surface area contributed by atoms with E-state index in [-0.39, 0.29) is 17.5 Å². The fraction of sp³-hybridized carbons (Fsp3) is 0.588. The van der Waals surface area contributed by atoms with Crippen molar-refractivity contribution in [1.29, 1.82) is 0 Å². The molecular weight excluding hydrogens is 294 g/mol. The number of ether oxygens (including phenoxy) is 2. The molecule has 0 spiro atoms. The third-order valence-electron chi connectivity index (χ3n) is 4.04. The van der Waals surface area contributed by atoms with Crippen LogP contribution >= 0.6 is 0 Å². The third-order valence-corrected chi connectivity index (χ3v) is 4.04. The second kappa shape index (κ2) is 7.08. The minimum atomic E-state index is -0.221. The molecule has 0 aromatic heterocycles. The topological polar surface area (TPSA) is 62.8 Å². The van der Waals surface area contributed by atoms with Crippen molar-refractivity contribution in [2.75, 3.05) is 39.2 Å². The van der Waals surface area contributed by atoms with E-state index in [0.29, 0.717) is 30.4 Å². The van der Waals surface area contributed by atoms with Crippen LogP contribution in [0.5, 0.6) is 11.5 Å². The first-order valence-corrected chi connectivity index (χ1v) is 7.90. The summed E-state index contributed by atoms with van der Waals surface area (Å²) < 4.78 is 11.0. The van der Waals surface area contributed by atoms with E-state index >= 15 is 0 Å². The molecule has 0 fully saturated rings. The van der Waals surface area contributed by atoms with Gasteiger partial charge in [0.2, 0.25) is 0 Å². The van der Waals surface area contributed by atoms with Crippen LogP contribution in [0.4, 0.5) is 10.5 Å². The molecule has 6 nitrogen and oxygen atoms in total. The monoisotopic (exact) mass is 321 g/mol. The molecule has 1 aliphatic rings. The Kier molecular flexibility index (Phi) is 5.36. The van der Waals surface area contributed by atoms with Gasteiger partial charge in [0.05, 0.1) is 0 Å². The molecule has 2 rings (SSSR count). The van der Waals surface area contributed by atoms with Crippen molar-refractivity contribution in [3.8, 4) is 11.5 Å². The molecule has 0 radical (unpaired) electrons. The van der Waals surface area contributed by atoms with Crippen LogP contribution in [0.25, 0.3) is 0 Å². The van der Waals surface area contributed by atoms with Gasteiger partial charge in [-0.25, -0.2) is 4.79 Å². The van der Waals surface area contributed by atoms with Crippen LogP contribution in [0.1, 0.15) is 20.8 Å². The molecule has 0 aliphatic carbocycles. The summed E-state index contributed by atoms with van der Waals surface area (Å²) in [7, 11) is 4.06. The minimum absolute atomic E-state index is 0.0297. The molecule has 1 atom stereocenters. The molecule has 0 unspecified atom stereocenters. The van der Waals surface area contributed by atoms with E-state index in [9.17, 15) is 4.79 Å². The van der Waals surface area contributed by atoms with E-state index in [1.165, 1.54) is 0 Å². The normalized spacial score (nSPS) is 15.2. The van der Waals surface area contributed by atoms with Gasteiger partial charge in [0, 0.05) is 24.3 Å². The number of nitrogens with one attached hydrogen (secondary N) is 2. The van der Waals surface area contributed by atoms with Crippen LogP contribution in [0.2, 0.25) is 0 Å². The standard InChI is InChI=1S/C17H27N3O3/c1-12(17(2,3)11-20(4)5)18-16(21)19-13-6-7-14-15(10-13)23-9-8-22-14/h6-7,10,12H,8-9,11H2,1-5H3,(H2,18,19,21)/t12-/m0/s1. The molecule has 128 valence electrons. The number of anilines is 1. The van der Waals surface area contributed by atoms with E-state index < -0.39 is 0 Å². The van der Waals surface area contributed by atoms with Gasteiger partial charge in [-0.3, -0.25) is 0 Å². The number of carbonyl (C=O) groups excluding carboxylic acids is 1. The number of hydrogen-bond donors (Lipinski definition) is 2. The minimum Gasteiger partial charge on any atom is -0.486 e. The Morgan fingerprint density at radius 3 is 2.57 bits per heavy atom. The Morgan fingerprint density at radius 1 is 1.26 bits per heavy atom. The summed E-state index contributed by atoms with van der Waals surface area (Å²) in [5.74, 6) is 1.37. The Hall–Kier alpha value is -1.95. The Balaban J connectivity index is 1.94. The molecule has 1 aromatic rings. The van der Waals surface area contributed by atoms with Crippen LogP contribution in [0.15, 0.2) is 18.2 Å². The Labute approximate surface area is 138 Å². The molecule has 1 aromatic carbocycles. The van der Waals surface area contributed by atoms with E-state index in [2.05, 4.69) is 29.4 Å². The smallest absolute Gasteiger partial charge is 0.319 e. The molecular formula is C17H27N3O3. The van der Waals surface area contributed by atoms with Crippen molar-refractivity contribution in [2.24, 2.45) is 5.41 Å². The van der Waals surface area contributed by atoms with Gasteiger partial charge in [0.1, 0.15) is 13.2 Å². The highest BCUT2D eigenvalue weighted by Gasteiger charge is 2.27. The van der Waals surface area contributed by atoms with Gasteiger partial charge in [-0.05, 0) is 38.6 Å². The zero-order valence-corrected chi connectivity index (χ0v) is 14.6. The average molecular weight is 321 g/mol. The van der Waals surface area contributed by atoms with Crippen LogP contribution in [0, 0.1) is 5.41 Å². The number of nitrogens with zero attached hydrogens (tertiary/aromatic N) is 1. The van der Waals surface area contributed by atoms with Crippen LogP contribution in [-0.4, -0.2) is 50.8 Å². The fourth-order valence-corrected chi connectivity index (χ4v) is 2.63. The van der Waals surface area contributed by atoms with Gasteiger partial charge in [-0.2, -0.15) is 0 Å². The molecule has 6 heteroatoms. The maximum Gasteiger partial charge on any atom is 0.319 e. The molecule has 0 saturated carbocycles. The fourth-order valence-electron chi connectivity index (χ4n) is 2.63. The molecule has 1 heterocycles. The van der Waals surface area contributed by atoms with Crippen molar-refractivity contribution in [1.82, 2.24) is 10.2 Å². The van der Waals surface area contributed by atoms with Crippen molar-refractivity contribution in [2.45, 2.75) is 26.8 Å². The van der Waals surface area contributed by atoms with Crippen LogP contribution in [-0.2, 0) is 0 Å². The number of amides is 2. The lowest BCUT2D eigenvalue weighted by Crippen LogP contribution is -2.48. The van der Waals surface area contributed by atoms with E-state index in [1.54, 1.807) is 6.07 Å². The second-order valence-electron chi connectivity index (χ2n) is 6.90. The van der Waals surface area contributed by atoms with Gasteiger partial charge in [-0.15, -0.1) is 0 Å². The van der Waals surface area contributed by atoms with Crippen molar-refractivity contribution in [3.63, 3.8) is 0 Å². The lowest BCUT2D eigenvalue weighted by Gasteiger charge is -2.34. The number of carbonyl (C=O) groups is 1. The average Bonchev–Trinajstić information content (AvgIpc) is 2.45. The summed E-state index contributed by atoms with van der Waals surface area (Å²) in [5, 5.41) is 5.85. The molecule has 2 amide bonds. The molecule has 0 bridgehead atoms. The number of urea groups is 1. The van der Waals surface area contributed by atoms with Crippen LogP contribution < -0.4 is 20.1 Å². The predicted octanol–water partition coefficient (Wildman–Crippen LogP) is 2.56. The van der Waals surface area contributed by atoms with E-state index in [4.69, 9.17) is 9.47 Å². The summed E-state index contributed by atoms with van der Waals surface area (Å²) in [6.45, 7) is 8.27. The zero-order chi connectivity index (χ0) is 17.0. The number of benzene rings is 1. The first-order valence-electron chi connectivity index (χ1n) is 7.90. The second-order valence-corrected chi connectivity index (χ2v) is 6.90. The Morgan fingerprint density at radius 2 is 1.91 bits per heavy atom. The SMILES string of the molecule is C[C@H](NC(=O)Nc1ccc2c(c1)OCCO2)C(C)(C)CN(C)C. The van der Waals surface area contributed by atoms with Crippen LogP contribution in [0.3, 0.4) is 0 Å². The first-order chi connectivity index (χ1) is 10.8. The largest absolute Gasteiger partial charge is 0.486 e. The van der Waals surface area contributed by atoms with Crippen molar-refractivity contribution in [3.05, 3.63) is 18.2 Å². The predicted molar refractivity (Wildman–Crippen MR) is 91.4 cm³/mol. The highest BCUT2D eigenvalue weighted by Crippen LogP contribution is 2.32. The van der Waals surface area contributed by atoms with Gasteiger partial charge in [0.15, 0.2) is 11.5 Å². The quantitative estimate of drug-likeness (QED) is 0.875. The third kappa shape index (κ3) is 4.76. The van der Waals surface area contributed by atoms with Crippen molar-refractivity contribution >= 4 is 11.7 Å². The summed E-state index contributed by atoms with van der Waals surface area (Å²) in [4.78, 5) is 14.3. The number of hydrogen-bond acceptors (Lipinski definition) is 4. The molecule has 1 aliphatic heterocycles. The summed E-state index contributed by atoms with van der Waals surface area (Å²) in [6, 6.07) is 5.21. The zero-order valence-electron chi connectivity index (χ0n) is 14.6. The molecule has 2 N–H and O–H groups in total. The molecule has 23 heavy (non-hydrogen) atoms. The number of rotatable bonds is 5.